The quantitative estimate of drug-likeness (QED) is 0.510. The van der Waals surface area contributed by atoms with E-state index in [1.807, 2.05) is 0 Å². The third kappa shape index (κ3) is 5.34. The summed E-state index contributed by atoms with van der Waals surface area (Å²) in [6.07, 6.45) is -2.65. The molecule has 1 fully saturated rings. The third-order valence-electron chi connectivity index (χ3n) is 7.11. The molecule has 1 amide bonds. The molecule has 14 heteroatoms. The summed E-state index contributed by atoms with van der Waals surface area (Å²) in [7, 11) is 15.8. The van der Waals surface area contributed by atoms with E-state index in [-0.39, 0.29) is 23.2 Å². The molecule has 0 aliphatic carbocycles. The number of ether oxygens (including phenoxy) is 1. The summed E-state index contributed by atoms with van der Waals surface area (Å²) in [6, 6.07) is 8.41. The zero-order valence-electron chi connectivity index (χ0n) is 20.9. The summed E-state index contributed by atoms with van der Waals surface area (Å²) in [5, 5.41) is -1.41. The zero-order chi connectivity index (χ0) is 28.1. The number of hydrogen-bond donors (Lipinski definition) is 0. The van der Waals surface area contributed by atoms with Gasteiger partial charge in [-0.15, -0.1) is 0 Å². The molecule has 2 aliphatic heterocycles. The van der Waals surface area contributed by atoms with Crippen LogP contribution in [-0.2, 0) is 26.1 Å². The number of piperidine rings is 1. The highest BCUT2D eigenvalue weighted by Crippen LogP contribution is 2.50. The summed E-state index contributed by atoms with van der Waals surface area (Å²) >= 11 is 6.23. The van der Waals surface area contributed by atoms with Crippen LogP contribution in [0.2, 0.25) is 5.02 Å². The molecule has 6 radical (unpaired) electrons. The van der Waals surface area contributed by atoms with Gasteiger partial charge in [-0.1, -0.05) is 16.8 Å². The maximum atomic E-state index is 13.6. The van der Waals surface area contributed by atoms with Crippen LogP contribution in [0.1, 0.15) is 24.0 Å². The fourth-order valence-electron chi connectivity index (χ4n) is 5.09. The Labute approximate surface area is 229 Å². The van der Waals surface area contributed by atoms with Gasteiger partial charge >= 0.3 is 6.18 Å². The highest BCUT2D eigenvalue weighted by molar-refractivity contribution is 7.93. The first kappa shape index (κ1) is 28.9. The average molecular weight is 559 g/mol. The van der Waals surface area contributed by atoms with Crippen LogP contribution in [0, 0.1) is 0 Å². The van der Waals surface area contributed by atoms with Gasteiger partial charge in [-0.05, 0) is 67.9 Å². The smallest absolute Gasteiger partial charge is 0.417 e. The predicted molar refractivity (Wildman–Crippen MR) is 144 cm³/mol. The van der Waals surface area contributed by atoms with Crippen molar-refractivity contribution in [2.45, 2.75) is 34.6 Å². The van der Waals surface area contributed by atoms with Crippen molar-refractivity contribution < 1.29 is 26.9 Å². The van der Waals surface area contributed by atoms with E-state index in [1.165, 1.54) is 18.0 Å². The van der Waals surface area contributed by atoms with E-state index in [0.29, 0.717) is 43.2 Å². The summed E-state index contributed by atoms with van der Waals surface area (Å²) in [5.41, 5.74) is -0.664. The van der Waals surface area contributed by atoms with Gasteiger partial charge in [0.15, 0.2) is 0 Å². The van der Waals surface area contributed by atoms with Gasteiger partial charge in [0.2, 0.25) is 5.91 Å². The van der Waals surface area contributed by atoms with E-state index in [0.717, 1.165) is 24.0 Å². The molecule has 1 spiro atoms. The van der Waals surface area contributed by atoms with Gasteiger partial charge in [0.25, 0.3) is 0 Å². The normalized spacial score (nSPS) is 19.3. The second kappa shape index (κ2) is 10.1. The molecule has 0 N–H and O–H groups in total. The van der Waals surface area contributed by atoms with E-state index in [1.54, 1.807) is 18.2 Å². The number of anilines is 1. The second-order valence-electron chi connectivity index (χ2n) is 9.60. The molecular weight excluding hydrogens is 535 g/mol. The van der Waals surface area contributed by atoms with E-state index >= 15 is 0 Å². The highest BCUT2D eigenvalue weighted by Gasteiger charge is 2.53. The van der Waals surface area contributed by atoms with Crippen molar-refractivity contribution in [3.05, 3.63) is 52.5 Å². The maximum Gasteiger partial charge on any atom is 0.417 e. The lowest BCUT2D eigenvalue weighted by molar-refractivity contribution is -0.140. The molecule has 2 heterocycles. The molecule has 2 aromatic carbocycles. The molecule has 4 rings (SSSR count). The Kier molecular flexibility index (Phi) is 7.71. The Morgan fingerprint density at radius 2 is 1.79 bits per heavy atom. The number of carbonyl (C=O) groups excluding carboxylic acids is 1. The number of likely N-dealkylation sites (tertiary alicyclic amines) is 1. The Morgan fingerprint density at radius 3 is 2.37 bits per heavy atom. The molecule has 6 nitrogen and oxygen atoms in total. The molecule has 0 saturated carbocycles. The molecule has 38 heavy (non-hydrogen) atoms. The molecular formula is C24H24B3ClF3N3O3S. The van der Waals surface area contributed by atoms with Gasteiger partial charge in [0.1, 0.15) is 12.4 Å². The molecule has 0 aromatic heterocycles. The number of nitrogens with zero attached hydrogens (tertiary/aromatic N) is 3. The maximum absolute atomic E-state index is 13.6. The van der Waals surface area contributed by atoms with Crippen molar-refractivity contribution in [2.24, 2.45) is 4.36 Å². The Bertz CT molecular complexity index is 1370. The van der Waals surface area contributed by atoms with Crippen molar-refractivity contribution in [3.63, 3.8) is 0 Å². The lowest BCUT2D eigenvalue weighted by Gasteiger charge is -2.40. The SMILES string of the molecule is [B]C([B])([B])N1C(=O)C2(CCN(CCOc3ccc(S(C)(=O)=NC)c(C(F)(F)F)c3)CC2)c2cc(Cl)ccc21. The molecule has 1 atom stereocenters. The summed E-state index contributed by atoms with van der Waals surface area (Å²) in [5.74, 6) is -0.277. The molecule has 1 unspecified atom stereocenters. The standard InChI is InChI=1S/C24H24B3ClF3N3O3S/c1-32-38(2,36)20-6-4-16(14-18(20)23(29,30)31)37-12-11-33-9-7-22(8-10-33)17-13-15(28)3-5-19(17)34(21(22)35)24(25,26)27/h3-6,13-14H,7-12H2,1-2H3. The molecule has 1 saturated heterocycles. The monoisotopic (exact) mass is 559 g/mol. The Balaban J connectivity index is 1.44. The number of amides is 1. The largest absolute Gasteiger partial charge is 0.492 e. The first-order valence-electron chi connectivity index (χ1n) is 11.8. The van der Waals surface area contributed by atoms with Gasteiger partial charge < -0.3 is 9.64 Å². The minimum absolute atomic E-state index is 0.0104. The number of carbonyl (C=O) groups is 1. The number of rotatable bonds is 6. The van der Waals surface area contributed by atoms with E-state index in [9.17, 15) is 22.2 Å². The third-order valence-corrected chi connectivity index (χ3v) is 9.22. The van der Waals surface area contributed by atoms with E-state index < -0.39 is 32.1 Å². The summed E-state index contributed by atoms with van der Waals surface area (Å²) in [6.45, 7) is 1.57. The number of fused-ring (bicyclic) bond motifs is 2. The average Bonchev–Trinajstić information content (AvgIpc) is 3.07. The van der Waals surface area contributed by atoms with Crippen molar-refractivity contribution in [1.29, 1.82) is 0 Å². The minimum atomic E-state index is -4.71. The van der Waals surface area contributed by atoms with Crippen LogP contribution >= 0.6 is 11.6 Å². The summed E-state index contributed by atoms with van der Waals surface area (Å²) < 4.78 is 62.6. The lowest BCUT2D eigenvalue weighted by Crippen LogP contribution is -2.57. The molecule has 2 aromatic rings. The van der Waals surface area contributed by atoms with Crippen LogP contribution in [0.3, 0.4) is 0 Å². The first-order chi connectivity index (χ1) is 17.6. The van der Waals surface area contributed by atoms with Crippen LogP contribution in [0.25, 0.3) is 0 Å². The lowest BCUT2D eigenvalue weighted by atomic mass is 9.48. The fraction of sp³-hybridized carbons (Fsp3) is 0.458. The van der Waals surface area contributed by atoms with E-state index in [2.05, 4.69) is 9.26 Å². The zero-order valence-corrected chi connectivity index (χ0v) is 22.5. The molecule has 196 valence electrons. The minimum Gasteiger partial charge on any atom is -0.492 e. The van der Waals surface area contributed by atoms with Crippen molar-refractivity contribution in [2.75, 3.05) is 44.4 Å². The number of benzene rings is 2. The highest BCUT2D eigenvalue weighted by atomic mass is 35.5. The Morgan fingerprint density at radius 1 is 1.13 bits per heavy atom. The predicted octanol–water partition coefficient (Wildman–Crippen LogP) is 3.32. The molecule has 0 bridgehead atoms. The van der Waals surface area contributed by atoms with Crippen molar-refractivity contribution in [3.8, 4) is 5.75 Å². The fourth-order valence-corrected chi connectivity index (χ4v) is 6.36. The van der Waals surface area contributed by atoms with Crippen LogP contribution in [0.4, 0.5) is 18.9 Å². The second-order valence-corrected chi connectivity index (χ2v) is 12.4. The van der Waals surface area contributed by atoms with Gasteiger partial charge in [0, 0.05) is 30.6 Å². The van der Waals surface area contributed by atoms with Gasteiger partial charge in [-0.3, -0.25) is 9.69 Å². The van der Waals surface area contributed by atoms with Gasteiger partial charge in [-0.25, -0.2) is 8.57 Å². The number of halogens is 4. The van der Waals surface area contributed by atoms with Gasteiger partial charge in [0.05, 0.1) is 49.1 Å². The molecule has 2 aliphatic rings. The number of hydrogen-bond acceptors (Lipinski definition) is 5. The topological polar surface area (TPSA) is 62.2 Å². The van der Waals surface area contributed by atoms with Crippen LogP contribution < -0.4 is 9.64 Å². The van der Waals surface area contributed by atoms with Crippen LogP contribution in [0.15, 0.2) is 45.7 Å². The van der Waals surface area contributed by atoms with Crippen molar-refractivity contribution in [1.82, 2.24) is 4.90 Å². The van der Waals surface area contributed by atoms with Gasteiger partial charge in [-0.2, -0.15) is 13.2 Å². The number of alkyl halides is 3. The van der Waals surface area contributed by atoms with Crippen LogP contribution in [0.5, 0.6) is 5.75 Å². The Hall–Kier alpha value is -2.11. The first-order valence-corrected chi connectivity index (χ1v) is 14.1. The van der Waals surface area contributed by atoms with Crippen molar-refractivity contribution >= 4 is 56.5 Å². The summed E-state index contributed by atoms with van der Waals surface area (Å²) in [4.78, 5) is 16.4. The van der Waals surface area contributed by atoms with E-state index in [4.69, 9.17) is 39.9 Å². The van der Waals surface area contributed by atoms with Crippen LogP contribution in [-0.4, -0.2) is 83.3 Å².